The van der Waals surface area contributed by atoms with Crippen LogP contribution in [0.1, 0.15) is 17.2 Å². The topological polar surface area (TPSA) is 12.0 Å². The van der Waals surface area contributed by atoms with Gasteiger partial charge in [0.2, 0.25) is 0 Å². The zero-order valence-corrected chi connectivity index (χ0v) is 11.6. The molecule has 0 aliphatic carbocycles. The predicted molar refractivity (Wildman–Crippen MR) is 71.4 cm³/mol. The normalized spacial score (nSPS) is 12.5. The van der Waals surface area contributed by atoms with Crippen LogP contribution in [0.2, 0.25) is 0 Å². The average molecular weight is 330 g/mol. The average Bonchev–Trinajstić information content (AvgIpc) is 2.36. The van der Waals surface area contributed by atoms with Crippen molar-refractivity contribution in [2.75, 3.05) is 7.05 Å². The van der Waals surface area contributed by atoms with Gasteiger partial charge in [0, 0.05) is 16.1 Å². The fourth-order valence-electron chi connectivity index (χ4n) is 1.95. The van der Waals surface area contributed by atoms with E-state index in [4.69, 9.17) is 0 Å². The molecule has 2 rings (SSSR count). The Morgan fingerprint density at radius 2 is 1.68 bits per heavy atom. The van der Waals surface area contributed by atoms with Gasteiger partial charge in [0.05, 0.1) is 6.04 Å². The smallest absolute Gasteiger partial charge is 0.161 e. The third kappa shape index (κ3) is 2.98. The maximum Gasteiger partial charge on any atom is 0.161 e. The fourth-order valence-corrected chi connectivity index (χ4v) is 2.36. The molecule has 0 aliphatic rings. The Morgan fingerprint density at radius 3 is 2.32 bits per heavy atom. The van der Waals surface area contributed by atoms with Crippen LogP contribution in [0.5, 0.6) is 0 Å². The Balaban J connectivity index is 2.51. The predicted octanol–water partition coefficient (Wildman–Crippen LogP) is 4.18. The first-order valence-corrected chi connectivity index (χ1v) is 6.39. The van der Waals surface area contributed by atoms with Crippen LogP contribution < -0.4 is 5.32 Å². The van der Waals surface area contributed by atoms with E-state index in [9.17, 15) is 13.2 Å². The molecule has 0 fully saturated rings. The largest absolute Gasteiger partial charge is 0.309 e. The Bertz CT molecular complexity index is 601. The van der Waals surface area contributed by atoms with E-state index in [-0.39, 0.29) is 5.56 Å². The van der Waals surface area contributed by atoms with Gasteiger partial charge in [-0.1, -0.05) is 28.1 Å². The van der Waals surface area contributed by atoms with E-state index in [0.717, 1.165) is 16.1 Å². The van der Waals surface area contributed by atoms with Crippen molar-refractivity contribution in [3.05, 3.63) is 69.4 Å². The van der Waals surface area contributed by atoms with E-state index >= 15 is 0 Å². The van der Waals surface area contributed by atoms with Gasteiger partial charge in [-0.25, -0.2) is 13.2 Å². The van der Waals surface area contributed by atoms with E-state index in [1.54, 1.807) is 25.2 Å². The monoisotopic (exact) mass is 329 g/mol. The molecule has 0 aromatic heterocycles. The summed E-state index contributed by atoms with van der Waals surface area (Å²) in [7, 11) is 1.63. The molecule has 100 valence electrons. The summed E-state index contributed by atoms with van der Waals surface area (Å²) in [5.41, 5.74) is 0.821. The lowest BCUT2D eigenvalue weighted by atomic mass is 9.98. The second-order valence-corrected chi connectivity index (χ2v) is 4.98. The molecule has 2 aromatic rings. The van der Waals surface area contributed by atoms with E-state index in [0.29, 0.717) is 6.07 Å². The van der Waals surface area contributed by atoms with Crippen molar-refractivity contribution in [2.24, 2.45) is 0 Å². The summed E-state index contributed by atoms with van der Waals surface area (Å²) >= 11 is 3.32. The highest BCUT2D eigenvalue weighted by Crippen LogP contribution is 2.27. The van der Waals surface area contributed by atoms with Crippen LogP contribution in [-0.4, -0.2) is 7.05 Å². The SMILES string of the molecule is CNC(c1cccc(Br)c1)c1cc(F)c(F)cc1F. The van der Waals surface area contributed by atoms with Crippen molar-refractivity contribution >= 4 is 15.9 Å². The van der Waals surface area contributed by atoms with Gasteiger partial charge in [0.15, 0.2) is 11.6 Å². The molecule has 2 aromatic carbocycles. The van der Waals surface area contributed by atoms with Crippen molar-refractivity contribution < 1.29 is 13.2 Å². The lowest BCUT2D eigenvalue weighted by Crippen LogP contribution is -2.19. The molecule has 1 nitrogen and oxygen atoms in total. The molecule has 1 N–H and O–H groups in total. The molecule has 1 unspecified atom stereocenters. The minimum absolute atomic E-state index is 0.0690. The minimum Gasteiger partial charge on any atom is -0.309 e. The number of benzene rings is 2. The van der Waals surface area contributed by atoms with Gasteiger partial charge in [0.25, 0.3) is 0 Å². The lowest BCUT2D eigenvalue weighted by molar-refractivity contribution is 0.483. The van der Waals surface area contributed by atoms with Crippen LogP contribution in [0, 0.1) is 17.5 Å². The van der Waals surface area contributed by atoms with Crippen molar-refractivity contribution in [1.29, 1.82) is 0 Å². The number of rotatable bonds is 3. The third-order valence-electron chi connectivity index (χ3n) is 2.82. The summed E-state index contributed by atoms with van der Waals surface area (Å²) in [4.78, 5) is 0. The summed E-state index contributed by atoms with van der Waals surface area (Å²) < 4.78 is 40.8. The van der Waals surface area contributed by atoms with Gasteiger partial charge in [0.1, 0.15) is 5.82 Å². The van der Waals surface area contributed by atoms with Gasteiger partial charge >= 0.3 is 0 Å². The van der Waals surface area contributed by atoms with E-state index in [1.165, 1.54) is 0 Å². The standard InChI is InChI=1S/C14H11BrF3N/c1-19-14(8-3-2-4-9(15)5-8)10-6-12(17)13(18)7-11(10)16/h2-7,14,19H,1H3. The Morgan fingerprint density at radius 1 is 1.00 bits per heavy atom. The molecular weight excluding hydrogens is 319 g/mol. The molecule has 1 atom stereocenters. The van der Waals surface area contributed by atoms with Crippen LogP contribution in [-0.2, 0) is 0 Å². The zero-order chi connectivity index (χ0) is 14.0. The fraction of sp³-hybridized carbons (Fsp3) is 0.143. The van der Waals surface area contributed by atoms with E-state index in [1.807, 2.05) is 6.07 Å². The van der Waals surface area contributed by atoms with Crippen LogP contribution in [0.4, 0.5) is 13.2 Å². The van der Waals surface area contributed by atoms with Crippen LogP contribution in [0.3, 0.4) is 0 Å². The first kappa shape index (κ1) is 14.1. The summed E-state index contributed by atoms with van der Waals surface area (Å²) in [5, 5.41) is 2.90. The Kier molecular flexibility index (Phi) is 4.27. The maximum absolute atomic E-state index is 13.8. The second-order valence-electron chi connectivity index (χ2n) is 4.06. The van der Waals surface area contributed by atoms with Gasteiger partial charge in [-0.15, -0.1) is 0 Å². The number of nitrogens with one attached hydrogen (secondary N) is 1. The van der Waals surface area contributed by atoms with Crippen LogP contribution in [0.25, 0.3) is 0 Å². The number of hydrogen-bond acceptors (Lipinski definition) is 1. The molecule has 0 amide bonds. The summed E-state index contributed by atoms with van der Waals surface area (Å²) in [6.45, 7) is 0. The first-order valence-electron chi connectivity index (χ1n) is 5.60. The van der Waals surface area contributed by atoms with Gasteiger partial charge in [-0.05, 0) is 30.8 Å². The molecule has 0 spiro atoms. The van der Waals surface area contributed by atoms with E-state index < -0.39 is 23.5 Å². The molecule has 0 aliphatic heterocycles. The highest BCUT2D eigenvalue weighted by atomic mass is 79.9. The van der Waals surface area contributed by atoms with Crippen molar-refractivity contribution in [2.45, 2.75) is 6.04 Å². The maximum atomic E-state index is 13.8. The Labute approximate surface area is 117 Å². The lowest BCUT2D eigenvalue weighted by Gasteiger charge is -2.18. The highest BCUT2D eigenvalue weighted by molar-refractivity contribution is 9.10. The van der Waals surface area contributed by atoms with Crippen LogP contribution >= 0.6 is 15.9 Å². The van der Waals surface area contributed by atoms with Crippen molar-refractivity contribution in [1.82, 2.24) is 5.32 Å². The molecule has 19 heavy (non-hydrogen) atoms. The number of hydrogen-bond donors (Lipinski definition) is 1. The van der Waals surface area contributed by atoms with Gasteiger partial charge < -0.3 is 5.32 Å². The minimum atomic E-state index is -1.19. The summed E-state index contributed by atoms with van der Waals surface area (Å²) in [6, 6.07) is 8.10. The summed E-state index contributed by atoms with van der Waals surface area (Å²) in [5.74, 6) is -3.03. The van der Waals surface area contributed by atoms with Crippen molar-refractivity contribution in [3.63, 3.8) is 0 Å². The molecule has 0 heterocycles. The quantitative estimate of drug-likeness (QED) is 0.833. The first-order chi connectivity index (χ1) is 9.02. The van der Waals surface area contributed by atoms with Crippen molar-refractivity contribution in [3.8, 4) is 0 Å². The third-order valence-corrected chi connectivity index (χ3v) is 3.31. The summed E-state index contributed by atoms with van der Waals surface area (Å²) in [6.07, 6.45) is 0. The molecule has 0 saturated heterocycles. The van der Waals surface area contributed by atoms with Gasteiger partial charge in [-0.2, -0.15) is 0 Å². The van der Waals surface area contributed by atoms with Gasteiger partial charge in [-0.3, -0.25) is 0 Å². The zero-order valence-electron chi connectivity index (χ0n) is 10.1. The molecular formula is C14H11BrF3N. The Hall–Kier alpha value is -1.33. The van der Waals surface area contributed by atoms with E-state index in [2.05, 4.69) is 21.2 Å². The molecule has 5 heteroatoms. The highest BCUT2D eigenvalue weighted by Gasteiger charge is 2.19. The van der Waals surface area contributed by atoms with Crippen LogP contribution in [0.15, 0.2) is 40.9 Å². The molecule has 0 radical (unpaired) electrons. The molecule has 0 bridgehead atoms. The molecule has 0 saturated carbocycles. The number of halogens is 4. The second kappa shape index (κ2) is 5.75.